The molecule has 1 N–H and O–H groups in total. The van der Waals surface area contributed by atoms with E-state index >= 15 is 0 Å². The van der Waals surface area contributed by atoms with Crippen LogP contribution in [0.25, 0.3) is 0 Å². The zero-order valence-electron chi connectivity index (χ0n) is 14.3. The standard InChI is InChI=1S/C20H21NO5/c22-19(21-11-10-16(12-21)20(23)24)14-26-18-9-5-4-8-17(18)25-13-15-6-2-1-3-7-15/h1-9,16H,10-14H2,(H,23,24). The molecule has 1 aliphatic heterocycles. The molecule has 1 amide bonds. The van der Waals surface area contributed by atoms with Crippen molar-refractivity contribution in [3.63, 3.8) is 0 Å². The van der Waals surface area contributed by atoms with Crippen molar-refractivity contribution >= 4 is 11.9 Å². The average Bonchev–Trinajstić information content (AvgIpc) is 3.16. The minimum absolute atomic E-state index is 0.141. The molecule has 1 saturated heterocycles. The van der Waals surface area contributed by atoms with Crippen molar-refractivity contribution in [2.45, 2.75) is 13.0 Å². The predicted molar refractivity (Wildman–Crippen MR) is 95.0 cm³/mol. The van der Waals surface area contributed by atoms with Gasteiger partial charge in [-0.3, -0.25) is 9.59 Å². The second-order valence-electron chi connectivity index (χ2n) is 6.17. The van der Waals surface area contributed by atoms with E-state index < -0.39 is 11.9 Å². The highest BCUT2D eigenvalue weighted by Crippen LogP contribution is 2.27. The Morgan fingerprint density at radius 3 is 2.31 bits per heavy atom. The quantitative estimate of drug-likeness (QED) is 0.826. The third-order valence-electron chi connectivity index (χ3n) is 4.33. The Labute approximate surface area is 152 Å². The van der Waals surface area contributed by atoms with Crippen molar-refractivity contribution in [2.75, 3.05) is 19.7 Å². The molecule has 3 rings (SSSR count). The number of carbonyl (C=O) groups is 2. The van der Waals surface area contributed by atoms with Crippen molar-refractivity contribution in [1.82, 2.24) is 4.90 Å². The van der Waals surface area contributed by atoms with E-state index in [9.17, 15) is 9.59 Å². The highest BCUT2D eigenvalue weighted by atomic mass is 16.5. The summed E-state index contributed by atoms with van der Waals surface area (Å²) in [6.45, 7) is 0.953. The van der Waals surface area contributed by atoms with Crippen LogP contribution in [-0.2, 0) is 16.2 Å². The smallest absolute Gasteiger partial charge is 0.308 e. The van der Waals surface area contributed by atoms with Gasteiger partial charge in [-0.15, -0.1) is 0 Å². The van der Waals surface area contributed by atoms with Crippen molar-refractivity contribution in [3.8, 4) is 11.5 Å². The fourth-order valence-electron chi connectivity index (χ4n) is 2.84. The van der Waals surface area contributed by atoms with E-state index in [-0.39, 0.29) is 19.1 Å². The number of rotatable bonds is 7. The van der Waals surface area contributed by atoms with Gasteiger partial charge in [-0.25, -0.2) is 0 Å². The number of ether oxygens (including phenoxy) is 2. The molecule has 6 nitrogen and oxygen atoms in total. The number of hydrogen-bond acceptors (Lipinski definition) is 4. The van der Waals surface area contributed by atoms with Crippen molar-refractivity contribution in [1.29, 1.82) is 0 Å². The van der Waals surface area contributed by atoms with Crippen LogP contribution in [0.1, 0.15) is 12.0 Å². The van der Waals surface area contributed by atoms with E-state index in [1.54, 1.807) is 12.1 Å². The van der Waals surface area contributed by atoms with Gasteiger partial charge in [-0.1, -0.05) is 42.5 Å². The highest BCUT2D eigenvalue weighted by molar-refractivity contribution is 5.80. The summed E-state index contributed by atoms with van der Waals surface area (Å²) in [6, 6.07) is 17.0. The van der Waals surface area contributed by atoms with Gasteiger partial charge in [0, 0.05) is 13.1 Å². The van der Waals surface area contributed by atoms with E-state index in [1.807, 2.05) is 42.5 Å². The van der Waals surface area contributed by atoms with Crippen LogP contribution >= 0.6 is 0 Å². The molecule has 6 heteroatoms. The van der Waals surface area contributed by atoms with Gasteiger partial charge in [0.2, 0.25) is 0 Å². The number of benzene rings is 2. The first-order chi connectivity index (χ1) is 12.6. The number of aliphatic carboxylic acids is 1. The van der Waals surface area contributed by atoms with Crippen LogP contribution in [0.2, 0.25) is 0 Å². The molecule has 0 spiro atoms. The van der Waals surface area contributed by atoms with Gasteiger partial charge in [0.15, 0.2) is 18.1 Å². The Morgan fingerprint density at radius 2 is 1.65 bits per heavy atom. The van der Waals surface area contributed by atoms with Crippen LogP contribution in [0, 0.1) is 5.92 Å². The number of nitrogens with zero attached hydrogens (tertiary/aromatic N) is 1. The van der Waals surface area contributed by atoms with E-state index in [1.165, 1.54) is 4.90 Å². The summed E-state index contributed by atoms with van der Waals surface area (Å²) in [6.07, 6.45) is 0.484. The minimum atomic E-state index is -0.860. The molecule has 1 heterocycles. The van der Waals surface area contributed by atoms with Crippen LogP contribution in [0.3, 0.4) is 0 Å². The first-order valence-electron chi connectivity index (χ1n) is 8.52. The third kappa shape index (κ3) is 4.53. The molecule has 1 aliphatic rings. The number of carboxylic acids is 1. The molecule has 0 aromatic heterocycles. The minimum Gasteiger partial charge on any atom is -0.485 e. The molecule has 0 aliphatic carbocycles. The number of hydrogen-bond donors (Lipinski definition) is 1. The summed E-state index contributed by atoms with van der Waals surface area (Å²) in [5, 5.41) is 9.02. The van der Waals surface area contributed by atoms with Crippen LogP contribution < -0.4 is 9.47 Å². The Hall–Kier alpha value is -3.02. The molecule has 0 radical (unpaired) electrons. The molecule has 0 bridgehead atoms. The number of carbonyl (C=O) groups excluding carboxylic acids is 1. The van der Waals surface area contributed by atoms with Gasteiger partial charge in [0.05, 0.1) is 5.92 Å². The molecule has 2 aromatic carbocycles. The van der Waals surface area contributed by atoms with Crippen molar-refractivity contribution < 1.29 is 24.2 Å². The Balaban J connectivity index is 1.55. The Bertz CT molecular complexity index is 762. The Morgan fingerprint density at radius 1 is 1.00 bits per heavy atom. The maximum Gasteiger partial charge on any atom is 0.308 e. The third-order valence-corrected chi connectivity index (χ3v) is 4.33. The second-order valence-corrected chi connectivity index (χ2v) is 6.17. The lowest BCUT2D eigenvalue weighted by molar-refractivity contribution is -0.141. The maximum absolute atomic E-state index is 12.2. The number of carboxylic acid groups (broad SMARTS) is 1. The largest absolute Gasteiger partial charge is 0.485 e. The first-order valence-corrected chi connectivity index (χ1v) is 8.52. The summed E-state index contributed by atoms with van der Waals surface area (Å²) in [7, 11) is 0. The monoisotopic (exact) mass is 355 g/mol. The van der Waals surface area contributed by atoms with E-state index in [0.717, 1.165) is 5.56 Å². The van der Waals surface area contributed by atoms with Gasteiger partial charge >= 0.3 is 5.97 Å². The summed E-state index contributed by atoms with van der Waals surface area (Å²) in [5.74, 6) is -0.507. The molecule has 26 heavy (non-hydrogen) atoms. The molecule has 136 valence electrons. The topological polar surface area (TPSA) is 76.1 Å². The molecule has 2 aromatic rings. The van der Waals surface area contributed by atoms with Gasteiger partial charge < -0.3 is 19.5 Å². The normalized spacial score (nSPS) is 16.3. The molecule has 0 saturated carbocycles. The molecule has 1 unspecified atom stereocenters. The summed E-state index contributed by atoms with van der Waals surface area (Å²) < 4.78 is 11.4. The van der Waals surface area contributed by atoms with Gasteiger partial charge in [0.1, 0.15) is 6.61 Å². The fourth-order valence-corrected chi connectivity index (χ4v) is 2.84. The first kappa shape index (κ1) is 17.8. The van der Waals surface area contributed by atoms with Gasteiger partial charge in [-0.2, -0.15) is 0 Å². The summed E-state index contributed by atoms with van der Waals surface area (Å²) >= 11 is 0. The van der Waals surface area contributed by atoms with E-state index in [2.05, 4.69) is 0 Å². The lowest BCUT2D eigenvalue weighted by Crippen LogP contribution is -2.33. The van der Waals surface area contributed by atoms with Crippen LogP contribution in [-0.4, -0.2) is 41.6 Å². The number of likely N-dealkylation sites (tertiary alicyclic amines) is 1. The lowest BCUT2D eigenvalue weighted by Gasteiger charge is -2.17. The predicted octanol–water partition coefficient (Wildman–Crippen LogP) is 2.58. The van der Waals surface area contributed by atoms with Gasteiger partial charge in [0.25, 0.3) is 5.91 Å². The SMILES string of the molecule is O=C(O)C1CCN(C(=O)COc2ccccc2OCc2ccccc2)C1. The zero-order valence-corrected chi connectivity index (χ0v) is 14.3. The van der Waals surface area contributed by atoms with Crippen molar-refractivity contribution in [2.24, 2.45) is 5.92 Å². The summed E-state index contributed by atoms with van der Waals surface area (Å²) in [4.78, 5) is 24.8. The van der Waals surface area contributed by atoms with Gasteiger partial charge in [-0.05, 0) is 24.1 Å². The zero-order chi connectivity index (χ0) is 18.4. The van der Waals surface area contributed by atoms with Crippen molar-refractivity contribution in [3.05, 3.63) is 60.2 Å². The number of amides is 1. The summed E-state index contributed by atoms with van der Waals surface area (Å²) in [5.41, 5.74) is 1.04. The molecule has 1 atom stereocenters. The van der Waals surface area contributed by atoms with Crippen LogP contribution in [0.5, 0.6) is 11.5 Å². The molecular weight excluding hydrogens is 334 g/mol. The lowest BCUT2D eigenvalue weighted by atomic mass is 10.1. The van der Waals surface area contributed by atoms with E-state index in [0.29, 0.717) is 31.1 Å². The second kappa shape index (κ2) is 8.38. The maximum atomic E-state index is 12.2. The average molecular weight is 355 g/mol. The number of para-hydroxylation sites is 2. The van der Waals surface area contributed by atoms with E-state index in [4.69, 9.17) is 14.6 Å². The van der Waals surface area contributed by atoms with Crippen LogP contribution in [0.4, 0.5) is 0 Å². The Kier molecular flexibility index (Phi) is 5.73. The molecular formula is C20H21NO5. The molecule has 1 fully saturated rings. The highest BCUT2D eigenvalue weighted by Gasteiger charge is 2.30. The fraction of sp³-hybridized carbons (Fsp3) is 0.300. The van der Waals surface area contributed by atoms with Crippen LogP contribution in [0.15, 0.2) is 54.6 Å².